The third kappa shape index (κ3) is 2.15. The van der Waals surface area contributed by atoms with E-state index in [1.807, 2.05) is 6.07 Å². The summed E-state index contributed by atoms with van der Waals surface area (Å²) in [4.78, 5) is 12.1. The van der Waals surface area contributed by atoms with Crippen LogP contribution in [0.15, 0.2) is 24.4 Å². The highest BCUT2D eigenvalue weighted by molar-refractivity contribution is 5.97. The van der Waals surface area contributed by atoms with Gasteiger partial charge >= 0.3 is 0 Å². The van der Waals surface area contributed by atoms with Crippen molar-refractivity contribution in [2.45, 2.75) is 13.0 Å². The van der Waals surface area contributed by atoms with Crippen molar-refractivity contribution in [3.8, 4) is 0 Å². The summed E-state index contributed by atoms with van der Waals surface area (Å²) in [7, 11) is 0. The molecule has 0 fully saturated rings. The summed E-state index contributed by atoms with van der Waals surface area (Å²) < 4.78 is 0. The molecule has 3 aromatic rings. The predicted molar refractivity (Wildman–Crippen MR) is 66.2 cm³/mol. The molecule has 1 aromatic carbocycles. The number of aromatic nitrogens is 6. The molecule has 8 heteroatoms. The van der Waals surface area contributed by atoms with E-state index in [2.05, 4.69) is 36.1 Å². The number of fused-ring (bicyclic) bond motifs is 1. The van der Waals surface area contributed by atoms with E-state index in [1.54, 1.807) is 25.3 Å². The summed E-state index contributed by atoms with van der Waals surface area (Å²) in [6.07, 6.45) is 1.68. The molecule has 19 heavy (non-hydrogen) atoms. The highest BCUT2D eigenvalue weighted by Gasteiger charge is 2.15. The molecule has 3 N–H and O–H groups in total. The lowest BCUT2D eigenvalue weighted by Gasteiger charge is -2.09. The standard InChI is InChI=1S/C11H11N7O/c1-6(10-15-17-18-16-10)13-11(19)7-2-3-9-8(4-7)5-12-14-9/h2-6H,1H3,(H,12,14)(H,13,19)(H,15,16,17,18). The van der Waals surface area contributed by atoms with E-state index < -0.39 is 0 Å². The van der Waals surface area contributed by atoms with Crippen molar-refractivity contribution in [3.63, 3.8) is 0 Å². The smallest absolute Gasteiger partial charge is 0.251 e. The van der Waals surface area contributed by atoms with Crippen molar-refractivity contribution in [2.75, 3.05) is 0 Å². The van der Waals surface area contributed by atoms with Crippen LogP contribution in [0.25, 0.3) is 10.9 Å². The molecule has 0 aliphatic heterocycles. The van der Waals surface area contributed by atoms with Gasteiger partial charge < -0.3 is 5.32 Å². The minimum atomic E-state index is -0.314. The van der Waals surface area contributed by atoms with Crippen molar-refractivity contribution in [1.82, 2.24) is 36.1 Å². The van der Waals surface area contributed by atoms with Gasteiger partial charge in [-0.3, -0.25) is 9.89 Å². The highest BCUT2D eigenvalue weighted by Crippen LogP contribution is 2.14. The summed E-state index contributed by atoms with van der Waals surface area (Å²) in [6.45, 7) is 1.79. The number of benzene rings is 1. The Kier molecular flexibility index (Phi) is 2.67. The molecule has 0 bridgehead atoms. The first-order chi connectivity index (χ1) is 9.24. The van der Waals surface area contributed by atoms with E-state index in [4.69, 9.17) is 0 Å². The summed E-state index contributed by atoms with van der Waals surface area (Å²) in [5.41, 5.74) is 1.45. The lowest BCUT2D eigenvalue weighted by atomic mass is 10.1. The third-order valence-corrected chi connectivity index (χ3v) is 2.80. The van der Waals surface area contributed by atoms with Gasteiger partial charge in [-0.05, 0) is 25.1 Å². The lowest BCUT2D eigenvalue weighted by Crippen LogP contribution is -2.27. The van der Waals surface area contributed by atoms with Crippen molar-refractivity contribution in [3.05, 3.63) is 35.8 Å². The molecule has 0 aliphatic rings. The zero-order valence-electron chi connectivity index (χ0n) is 10.1. The first kappa shape index (κ1) is 11.3. The average molecular weight is 257 g/mol. The van der Waals surface area contributed by atoms with Crippen LogP contribution >= 0.6 is 0 Å². The number of hydrogen-bond donors (Lipinski definition) is 3. The average Bonchev–Trinajstić information content (AvgIpc) is 3.09. The first-order valence-electron chi connectivity index (χ1n) is 5.71. The number of carbonyl (C=O) groups excluding carboxylic acids is 1. The van der Waals surface area contributed by atoms with Gasteiger partial charge in [0.1, 0.15) is 0 Å². The fourth-order valence-electron chi connectivity index (χ4n) is 1.78. The number of aromatic amines is 2. The second-order valence-corrected chi connectivity index (χ2v) is 4.14. The third-order valence-electron chi connectivity index (χ3n) is 2.80. The van der Waals surface area contributed by atoms with E-state index in [9.17, 15) is 4.79 Å². The van der Waals surface area contributed by atoms with Gasteiger partial charge in [-0.2, -0.15) is 10.3 Å². The minimum absolute atomic E-state index is 0.194. The molecule has 96 valence electrons. The van der Waals surface area contributed by atoms with Gasteiger partial charge in [0, 0.05) is 10.9 Å². The SMILES string of the molecule is CC(NC(=O)c1ccc2[nH]ncc2c1)c1nn[nH]n1. The van der Waals surface area contributed by atoms with Crippen LogP contribution in [0.4, 0.5) is 0 Å². The fourth-order valence-corrected chi connectivity index (χ4v) is 1.78. The van der Waals surface area contributed by atoms with Crippen LogP contribution in [-0.2, 0) is 0 Å². The number of nitrogens with zero attached hydrogens (tertiary/aromatic N) is 4. The number of tetrazole rings is 1. The number of H-pyrrole nitrogens is 2. The van der Waals surface area contributed by atoms with Gasteiger partial charge in [-0.1, -0.05) is 5.21 Å². The molecular weight excluding hydrogens is 246 g/mol. The van der Waals surface area contributed by atoms with Crippen LogP contribution in [0.2, 0.25) is 0 Å². The second-order valence-electron chi connectivity index (χ2n) is 4.14. The maximum atomic E-state index is 12.1. The van der Waals surface area contributed by atoms with Crippen molar-refractivity contribution in [2.24, 2.45) is 0 Å². The zero-order valence-corrected chi connectivity index (χ0v) is 10.1. The van der Waals surface area contributed by atoms with Crippen LogP contribution < -0.4 is 5.32 Å². The second kappa shape index (κ2) is 4.48. The molecule has 3 rings (SSSR count). The topological polar surface area (TPSA) is 112 Å². The Hall–Kier alpha value is -2.77. The number of amides is 1. The molecule has 0 saturated heterocycles. The van der Waals surface area contributed by atoms with Crippen molar-refractivity contribution < 1.29 is 4.79 Å². The predicted octanol–water partition coefficient (Wildman–Crippen LogP) is 0.567. The molecular formula is C11H11N7O. The normalized spacial score (nSPS) is 12.5. The molecule has 1 amide bonds. The maximum Gasteiger partial charge on any atom is 0.251 e. The number of nitrogens with one attached hydrogen (secondary N) is 3. The Morgan fingerprint density at radius 2 is 2.32 bits per heavy atom. The van der Waals surface area contributed by atoms with Gasteiger partial charge in [0.25, 0.3) is 5.91 Å². The fraction of sp³-hybridized carbons (Fsp3) is 0.182. The Labute approximate surface area is 107 Å². The van der Waals surface area contributed by atoms with Gasteiger partial charge in [0.05, 0.1) is 17.8 Å². The van der Waals surface area contributed by atoms with Crippen molar-refractivity contribution in [1.29, 1.82) is 0 Å². The van der Waals surface area contributed by atoms with Crippen LogP contribution in [-0.4, -0.2) is 36.7 Å². The minimum Gasteiger partial charge on any atom is -0.342 e. The summed E-state index contributed by atoms with van der Waals surface area (Å²) in [5, 5.41) is 23.9. The molecule has 0 radical (unpaired) electrons. The van der Waals surface area contributed by atoms with E-state index >= 15 is 0 Å². The van der Waals surface area contributed by atoms with Crippen LogP contribution in [0, 0.1) is 0 Å². The van der Waals surface area contributed by atoms with Crippen LogP contribution in [0.5, 0.6) is 0 Å². The van der Waals surface area contributed by atoms with Gasteiger partial charge in [0.2, 0.25) is 0 Å². The van der Waals surface area contributed by atoms with Crippen molar-refractivity contribution >= 4 is 16.8 Å². The van der Waals surface area contributed by atoms with Gasteiger partial charge in [-0.15, -0.1) is 10.2 Å². The quantitative estimate of drug-likeness (QED) is 0.635. The number of rotatable bonds is 3. The molecule has 2 heterocycles. The molecule has 1 atom stereocenters. The van der Waals surface area contributed by atoms with E-state index in [1.165, 1.54) is 0 Å². The highest BCUT2D eigenvalue weighted by atomic mass is 16.1. The Morgan fingerprint density at radius 1 is 1.42 bits per heavy atom. The van der Waals surface area contributed by atoms with Crippen LogP contribution in [0.1, 0.15) is 29.1 Å². The number of carbonyl (C=O) groups is 1. The summed E-state index contributed by atoms with van der Waals surface area (Å²) >= 11 is 0. The van der Waals surface area contributed by atoms with E-state index in [0.29, 0.717) is 11.4 Å². The van der Waals surface area contributed by atoms with Crippen LogP contribution in [0.3, 0.4) is 0 Å². The van der Waals surface area contributed by atoms with Gasteiger partial charge in [0.15, 0.2) is 5.82 Å². The molecule has 1 unspecified atom stereocenters. The molecule has 8 nitrogen and oxygen atoms in total. The zero-order chi connectivity index (χ0) is 13.2. The van der Waals surface area contributed by atoms with Gasteiger partial charge in [-0.25, -0.2) is 0 Å². The summed E-state index contributed by atoms with van der Waals surface area (Å²) in [5.74, 6) is 0.248. The maximum absolute atomic E-state index is 12.1. The number of hydrogen-bond acceptors (Lipinski definition) is 5. The molecule has 0 aliphatic carbocycles. The van der Waals surface area contributed by atoms with E-state index in [-0.39, 0.29) is 11.9 Å². The van der Waals surface area contributed by atoms with E-state index in [0.717, 1.165) is 10.9 Å². The first-order valence-corrected chi connectivity index (χ1v) is 5.71. The molecule has 0 saturated carbocycles. The molecule has 2 aromatic heterocycles. The Morgan fingerprint density at radius 3 is 3.11 bits per heavy atom. The summed E-state index contributed by atoms with van der Waals surface area (Å²) in [6, 6.07) is 5.01. The Balaban J connectivity index is 1.79. The largest absolute Gasteiger partial charge is 0.342 e. The lowest BCUT2D eigenvalue weighted by molar-refractivity contribution is 0.0938. The molecule has 0 spiro atoms. The monoisotopic (exact) mass is 257 g/mol. The Bertz CT molecular complexity index is 703.